The van der Waals surface area contributed by atoms with Crippen molar-refractivity contribution < 1.29 is 0 Å². The van der Waals surface area contributed by atoms with Gasteiger partial charge >= 0.3 is 0 Å². The molecule has 0 N–H and O–H groups in total. The highest BCUT2D eigenvalue weighted by Gasteiger charge is 2.18. The number of thiazole rings is 1. The molecular weight excluding hydrogens is 278 g/mol. The molecule has 0 aliphatic carbocycles. The van der Waals surface area contributed by atoms with Gasteiger partial charge < -0.3 is 9.80 Å². The summed E-state index contributed by atoms with van der Waals surface area (Å²) in [5.74, 6) is 0.581. The van der Waals surface area contributed by atoms with E-state index in [1.54, 1.807) is 11.3 Å². The molecule has 0 atom stereocenters. The fourth-order valence-electron chi connectivity index (χ4n) is 2.32. The topological polar surface area (TPSA) is 19.4 Å². The van der Waals surface area contributed by atoms with Crippen molar-refractivity contribution in [2.24, 2.45) is 0 Å². The smallest absolute Gasteiger partial charge is 0.185 e. The van der Waals surface area contributed by atoms with Crippen LogP contribution in [0.2, 0.25) is 0 Å². The van der Waals surface area contributed by atoms with Crippen molar-refractivity contribution in [3.8, 4) is 0 Å². The number of benzene rings is 1. The highest BCUT2D eigenvalue weighted by atomic mass is 35.5. The molecule has 3 rings (SSSR count). The third-order valence-electron chi connectivity index (χ3n) is 3.43. The van der Waals surface area contributed by atoms with Crippen LogP contribution in [0.1, 0.15) is 5.56 Å². The van der Waals surface area contributed by atoms with Crippen LogP contribution in [-0.2, 0) is 5.88 Å². The molecule has 0 bridgehead atoms. The van der Waals surface area contributed by atoms with Gasteiger partial charge in [-0.15, -0.1) is 22.9 Å². The van der Waals surface area contributed by atoms with Crippen molar-refractivity contribution in [2.45, 2.75) is 5.88 Å². The molecule has 2 heterocycles. The van der Waals surface area contributed by atoms with E-state index in [0.717, 1.165) is 31.3 Å². The minimum atomic E-state index is 0.581. The zero-order valence-electron chi connectivity index (χ0n) is 10.6. The highest BCUT2D eigenvalue weighted by Crippen LogP contribution is 2.22. The average Bonchev–Trinajstić information content (AvgIpc) is 3.02. The molecule has 0 amide bonds. The lowest BCUT2D eigenvalue weighted by Crippen LogP contribution is -2.46. The first-order valence-corrected chi connectivity index (χ1v) is 7.82. The molecule has 1 aromatic carbocycles. The number of hydrogen-bond acceptors (Lipinski definition) is 4. The van der Waals surface area contributed by atoms with Gasteiger partial charge in [-0.3, -0.25) is 0 Å². The first kappa shape index (κ1) is 12.8. The lowest BCUT2D eigenvalue weighted by Gasteiger charge is -2.36. The molecule has 5 heteroatoms. The third kappa shape index (κ3) is 2.85. The number of alkyl halides is 1. The highest BCUT2D eigenvalue weighted by molar-refractivity contribution is 7.13. The van der Waals surface area contributed by atoms with Gasteiger partial charge in [0.1, 0.15) is 0 Å². The second-order valence-electron chi connectivity index (χ2n) is 4.59. The van der Waals surface area contributed by atoms with Gasteiger partial charge in [-0.05, 0) is 17.7 Å². The molecule has 2 aromatic rings. The number of hydrogen-bond donors (Lipinski definition) is 0. The fraction of sp³-hybridized carbons (Fsp3) is 0.357. The van der Waals surface area contributed by atoms with E-state index in [1.807, 2.05) is 11.6 Å². The molecule has 0 saturated carbocycles. The van der Waals surface area contributed by atoms with Crippen LogP contribution >= 0.6 is 22.9 Å². The monoisotopic (exact) mass is 293 g/mol. The summed E-state index contributed by atoms with van der Waals surface area (Å²) in [5, 5.41) is 3.17. The molecule has 3 nitrogen and oxygen atoms in total. The second kappa shape index (κ2) is 5.80. The number of anilines is 2. The Hall–Kier alpha value is -1.26. The summed E-state index contributed by atoms with van der Waals surface area (Å²) >= 11 is 7.53. The van der Waals surface area contributed by atoms with Crippen molar-refractivity contribution in [3.63, 3.8) is 0 Å². The molecule has 1 fully saturated rings. The molecule has 1 aromatic heterocycles. The minimum Gasteiger partial charge on any atom is -0.368 e. The Labute approximate surface area is 122 Å². The largest absolute Gasteiger partial charge is 0.368 e. The summed E-state index contributed by atoms with van der Waals surface area (Å²) in [5.41, 5.74) is 2.46. The summed E-state index contributed by atoms with van der Waals surface area (Å²) < 4.78 is 0. The first-order chi connectivity index (χ1) is 9.36. The summed E-state index contributed by atoms with van der Waals surface area (Å²) in [6.07, 6.45) is 1.87. The SMILES string of the molecule is ClCc1ccc(N2CCN(c3nccs3)CC2)cc1. The summed E-state index contributed by atoms with van der Waals surface area (Å²) in [6.45, 7) is 4.15. The van der Waals surface area contributed by atoms with Gasteiger partial charge in [0, 0.05) is 49.3 Å². The van der Waals surface area contributed by atoms with Gasteiger partial charge in [-0.25, -0.2) is 4.98 Å². The minimum absolute atomic E-state index is 0.581. The van der Waals surface area contributed by atoms with Gasteiger partial charge in [-0.2, -0.15) is 0 Å². The van der Waals surface area contributed by atoms with E-state index in [2.05, 4.69) is 39.0 Å². The quantitative estimate of drug-likeness (QED) is 0.810. The van der Waals surface area contributed by atoms with E-state index in [4.69, 9.17) is 11.6 Å². The number of halogens is 1. The number of piperazine rings is 1. The van der Waals surface area contributed by atoms with Crippen molar-refractivity contribution in [1.29, 1.82) is 0 Å². The number of nitrogens with zero attached hydrogens (tertiary/aromatic N) is 3. The van der Waals surface area contributed by atoms with Gasteiger partial charge in [0.25, 0.3) is 0 Å². The van der Waals surface area contributed by atoms with Crippen LogP contribution in [0.15, 0.2) is 35.8 Å². The molecule has 100 valence electrons. The maximum Gasteiger partial charge on any atom is 0.185 e. The van der Waals surface area contributed by atoms with Crippen LogP contribution in [-0.4, -0.2) is 31.2 Å². The summed E-state index contributed by atoms with van der Waals surface area (Å²) in [6, 6.07) is 8.54. The predicted molar refractivity (Wildman–Crippen MR) is 82.5 cm³/mol. The maximum atomic E-state index is 5.82. The molecular formula is C14H16ClN3S. The van der Waals surface area contributed by atoms with Crippen LogP contribution in [0.25, 0.3) is 0 Å². The van der Waals surface area contributed by atoms with Crippen LogP contribution in [0.5, 0.6) is 0 Å². The van der Waals surface area contributed by atoms with Crippen LogP contribution in [0.3, 0.4) is 0 Å². The van der Waals surface area contributed by atoms with Crippen molar-refractivity contribution in [2.75, 3.05) is 36.0 Å². The molecule has 1 aliphatic rings. The molecule has 19 heavy (non-hydrogen) atoms. The number of rotatable bonds is 3. The molecule has 1 aliphatic heterocycles. The van der Waals surface area contributed by atoms with E-state index >= 15 is 0 Å². The Morgan fingerprint density at radius 3 is 2.32 bits per heavy atom. The van der Waals surface area contributed by atoms with Gasteiger partial charge in [0.2, 0.25) is 0 Å². The average molecular weight is 294 g/mol. The lowest BCUT2D eigenvalue weighted by molar-refractivity contribution is 0.652. The van der Waals surface area contributed by atoms with Crippen LogP contribution < -0.4 is 9.80 Å². The Balaban J connectivity index is 1.63. The first-order valence-electron chi connectivity index (χ1n) is 6.41. The van der Waals surface area contributed by atoms with E-state index in [1.165, 1.54) is 11.3 Å². The van der Waals surface area contributed by atoms with E-state index in [9.17, 15) is 0 Å². The standard InChI is InChI=1S/C14H16ClN3S/c15-11-12-1-3-13(4-2-12)17-6-8-18(9-7-17)14-16-5-10-19-14/h1-5,10H,6-9,11H2. The second-order valence-corrected chi connectivity index (χ2v) is 5.73. The van der Waals surface area contributed by atoms with Crippen molar-refractivity contribution in [3.05, 3.63) is 41.4 Å². The van der Waals surface area contributed by atoms with Crippen LogP contribution in [0.4, 0.5) is 10.8 Å². The molecule has 0 spiro atoms. The van der Waals surface area contributed by atoms with Gasteiger partial charge in [0.15, 0.2) is 5.13 Å². The summed E-state index contributed by atoms with van der Waals surface area (Å²) in [7, 11) is 0. The van der Waals surface area contributed by atoms with Gasteiger partial charge in [-0.1, -0.05) is 12.1 Å². The maximum absolute atomic E-state index is 5.82. The fourth-order valence-corrected chi connectivity index (χ4v) is 3.20. The Morgan fingerprint density at radius 1 is 1.05 bits per heavy atom. The Kier molecular flexibility index (Phi) is 3.89. The van der Waals surface area contributed by atoms with Crippen LogP contribution in [0, 0.1) is 0 Å². The zero-order valence-corrected chi connectivity index (χ0v) is 12.2. The molecule has 1 saturated heterocycles. The molecule has 0 unspecified atom stereocenters. The zero-order chi connectivity index (χ0) is 13.1. The third-order valence-corrected chi connectivity index (χ3v) is 4.57. The van der Waals surface area contributed by atoms with E-state index in [0.29, 0.717) is 5.88 Å². The van der Waals surface area contributed by atoms with Crippen molar-refractivity contribution >= 4 is 33.8 Å². The lowest BCUT2D eigenvalue weighted by atomic mass is 10.2. The van der Waals surface area contributed by atoms with Crippen molar-refractivity contribution in [1.82, 2.24) is 4.98 Å². The van der Waals surface area contributed by atoms with E-state index in [-0.39, 0.29) is 0 Å². The predicted octanol–water partition coefficient (Wildman–Crippen LogP) is 3.21. The summed E-state index contributed by atoms with van der Waals surface area (Å²) in [4.78, 5) is 9.15. The van der Waals surface area contributed by atoms with Gasteiger partial charge in [0.05, 0.1) is 0 Å². The Bertz CT molecular complexity index is 504. The van der Waals surface area contributed by atoms with E-state index < -0.39 is 0 Å². The molecule has 0 radical (unpaired) electrons. The Morgan fingerprint density at radius 2 is 1.74 bits per heavy atom. The normalized spacial score (nSPS) is 15.8. The number of aromatic nitrogens is 1.